The topological polar surface area (TPSA) is 44.8 Å². The normalized spacial score (nSPS) is 25.4. The molecule has 6 heteroatoms. The first-order valence-electron chi connectivity index (χ1n) is 3.96. The number of halogens is 1. The van der Waals surface area contributed by atoms with Gasteiger partial charge in [0.05, 0.1) is 0 Å². The average Bonchev–Trinajstić information content (AvgIpc) is 2.18. The van der Waals surface area contributed by atoms with Gasteiger partial charge >= 0.3 is 82.4 Å². The van der Waals surface area contributed by atoms with E-state index < -0.39 is 20.1 Å². The standard InChI is InChI=1S/C6H12O2.ClO.O.Sb/c7-5-3-1-2-4-6-8;1-2;;/h1-6H2;;;/q-2;-1;;+3. The molecule has 0 N–H and O–H groups in total. The summed E-state index contributed by atoms with van der Waals surface area (Å²) in [5.74, 6) is 0. The van der Waals surface area contributed by atoms with Gasteiger partial charge in [0.25, 0.3) is 0 Å². The third-order valence-corrected chi connectivity index (χ3v) is 6.09. The van der Waals surface area contributed by atoms with Crippen LogP contribution in [0.5, 0.6) is 0 Å². The monoisotopic (exact) mass is 304 g/mol. The molecule has 1 aliphatic rings. The Morgan fingerprint density at radius 3 is 2.00 bits per heavy atom. The summed E-state index contributed by atoms with van der Waals surface area (Å²) >= 11 is 0.697. The Labute approximate surface area is 82.4 Å². The summed E-state index contributed by atoms with van der Waals surface area (Å²) in [6.45, 7) is 0.837. The zero-order valence-corrected chi connectivity index (χ0v) is 10.0. The van der Waals surface area contributed by atoms with Crippen molar-refractivity contribution >= 4 is 31.9 Å². The molecule has 0 aromatic carbocycles. The Morgan fingerprint density at radius 2 is 1.58 bits per heavy atom. The molecule has 0 spiro atoms. The second kappa shape index (κ2) is 5.50. The number of rotatable bonds is 1. The van der Waals surface area contributed by atoms with Crippen molar-refractivity contribution in [1.29, 1.82) is 0 Å². The van der Waals surface area contributed by atoms with Crippen LogP contribution < -0.4 is 0 Å². The molecule has 0 radical (unpaired) electrons. The molecule has 0 bridgehead atoms. The van der Waals surface area contributed by atoms with Crippen LogP contribution in [-0.2, 0) is 11.6 Å². The maximum atomic E-state index is 11.4. The summed E-state index contributed by atoms with van der Waals surface area (Å²) in [6, 6.07) is 0. The summed E-state index contributed by atoms with van der Waals surface area (Å²) in [6.07, 6.45) is 3.93. The molecule has 0 saturated carbocycles. The summed E-state index contributed by atoms with van der Waals surface area (Å²) in [5, 5.41) is 0. The summed E-state index contributed by atoms with van der Waals surface area (Å²) in [5.41, 5.74) is 0. The summed E-state index contributed by atoms with van der Waals surface area (Å²) < 4.78 is 25.6. The Kier molecular flexibility index (Phi) is 4.98. The van der Waals surface area contributed by atoms with Crippen LogP contribution in [0.15, 0.2) is 0 Å². The molecule has 1 rings (SSSR count). The zero-order valence-electron chi connectivity index (χ0n) is 6.70. The predicted octanol–water partition coefficient (Wildman–Crippen LogP) is 1.63. The molecule has 0 aromatic heterocycles. The van der Waals surface area contributed by atoms with Crippen molar-refractivity contribution in [2.45, 2.75) is 25.7 Å². The third-order valence-electron chi connectivity index (χ3n) is 1.62. The van der Waals surface area contributed by atoms with Gasteiger partial charge in [-0.25, -0.2) is 0 Å². The molecule has 1 heterocycles. The van der Waals surface area contributed by atoms with Crippen molar-refractivity contribution in [2.75, 3.05) is 13.2 Å². The first kappa shape index (κ1) is 10.9. The van der Waals surface area contributed by atoms with Gasteiger partial charge in [0.15, 0.2) is 0 Å². The molecule has 0 atom stereocenters. The number of hydrogen-bond acceptors (Lipinski definition) is 4. The zero-order chi connectivity index (χ0) is 8.86. The van der Waals surface area contributed by atoms with E-state index in [0.29, 0.717) is 13.2 Å². The van der Waals surface area contributed by atoms with Crippen LogP contribution in [0.25, 0.3) is 0 Å². The van der Waals surface area contributed by atoms with Crippen LogP contribution in [0.2, 0.25) is 0 Å². The van der Waals surface area contributed by atoms with Gasteiger partial charge in [-0.2, -0.15) is 0 Å². The Balaban J connectivity index is 2.44. The van der Waals surface area contributed by atoms with Crippen LogP contribution >= 0.6 is 11.9 Å². The molecule has 12 heavy (non-hydrogen) atoms. The first-order valence-corrected chi connectivity index (χ1v) is 8.44. The maximum absolute atomic E-state index is 11.4. The van der Waals surface area contributed by atoms with Gasteiger partial charge in [-0.1, -0.05) is 0 Å². The van der Waals surface area contributed by atoms with Gasteiger partial charge in [-0.15, -0.1) is 0 Å². The van der Waals surface area contributed by atoms with Gasteiger partial charge in [0, 0.05) is 0 Å². The SMILES string of the molecule is [O]=[Sb]1([O]Cl)[O]CCCCCC[O]1. The Bertz CT molecular complexity index is 161. The molecule has 4 nitrogen and oxygen atoms in total. The Morgan fingerprint density at radius 1 is 1.08 bits per heavy atom. The van der Waals surface area contributed by atoms with E-state index in [2.05, 4.69) is 2.57 Å². The number of hydrogen-bond donors (Lipinski definition) is 0. The van der Waals surface area contributed by atoms with Gasteiger partial charge < -0.3 is 0 Å². The van der Waals surface area contributed by atoms with Crippen LogP contribution in [0, 0.1) is 0 Å². The Hall–Kier alpha value is 0.788. The van der Waals surface area contributed by atoms with Crippen molar-refractivity contribution < 1.29 is 11.6 Å². The fraction of sp³-hybridized carbons (Fsp3) is 1.00. The van der Waals surface area contributed by atoms with Crippen LogP contribution in [0.1, 0.15) is 25.7 Å². The minimum absolute atomic E-state index is 0.418. The second-order valence-corrected chi connectivity index (χ2v) is 7.94. The van der Waals surface area contributed by atoms with Crippen LogP contribution in [0.3, 0.4) is 0 Å². The molecule has 72 valence electrons. The van der Waals surface area contributed by atoms with Crippen molar-refractivity contribution in [3.8, 4) is 0 Å². The van der Waals surface area contributed by atoms with Crippen LogP contribution in [-0.4, -0.2) is 33.3 Å². The molecule has 0 unspecified atom stereocenters. The molecular weight excluding hydrogens is 293 g/mol. The summed E-state index contributed by atoms with van der Waals surface area (Å²) in [7, 11) is 0. The molecule has 1 aliphatic heterocycles. The van der Waals surface area contributed by atoms with Gasteiger partial charge in [0.2, 0.25) is 0 Å². The second-order valence-electron chi connectivity index (χ2n) is 2.60. The predicted molar refractivity (Wildman–Crippen MR) is 43.8 cm³/mol. The minimum atomic E-state index is -4.33. The van der Waals surface area contributed by atoms with E-state index in [1.807, 2.05) is 0 Å². The van der Waals surface area contributed by atoms with E-state index in [4.69, 9.17) is 17.9 Å². The van der Waals surface area contributed by atoms with Gasteiger partial charge in [-0.3, -0.25) is 0 Å². The third kappa shape index (κ3) is 3.67. The quantitative estimate of drug-likeness (QED) is 0.691. The van der Waals surface area contributed by atoms with E-state index in [1.165, 1.54) is 0 Å². The van der Waals surface area contributed by atoms with Gasteiger partial charge in [0.1, 0.15) is 0 Å². The van der Waals surface area contributed by atoms with E-state index in [1.54, 1.807) is 0 Å². The van der Waals surface area contributed by atoms with E-state index in [9.17, 15) is 3.02 Å². The van der Waals surface area contributed by atoms with E-state index >= 15 is 0 Å². The summed E-state index contributed by atoms with van der Waals surface area (Å²) in [4.78, 5) is 0. The van der Waals surface area contributed by atoms with Crippen molar-refractivity contribution in [2.24, 2.45) is 0 Å². The molecule has 1 fully saturated rings. The molecule has 0 aliphatic carbocycles. The van der Waals surface area contributed by atoms with Crippen molar-refractivity contribution in [3.63, 3.8) is 0 Å². The molecule has 0 amide bonds. The average molecular weight is 305 g/mol. The first-order chi connectivity index (χ1) is 5.77. The molecule has 1 saturated heterocycles. The fourth-order valence-corrected chi connectivity index (χ4v) is 3.98. The molecule has 0 aromatic rings. The van der Waals surface area contributed by atoms with E-state index in [-0.39, 0.29) is 0 Å². The fourth-order valence-electron chi connectivity index (χ4n) is 0.987. The van der Waals surface area contributed by atoms with E-state index in [0.717, 1.165) is 25.7 Å². The van der Waals surface area contributed by atoms with Crippen molar-refractivity contribution in [1.82, 2.24) is 0 Å². The van der Waals surface area contributed by atoms with Gasteiger partial charge in [-0.05, 0) is 0 Å². The van der Waals surface area contributed by atoms with Crippen LogP contribution in [0.4, 0.5) is 0 Å². The van der Waals surface area contributed by atoms with Crippen molar-refractivity contribution in [3.05, 3.63) is 0 Å². The molecular formula is C6H12ClO4Sb.